The summed E-state index contributed by atoms with van der Waals surface area (Å²) in [6.45, 7) is 20.6. The molecule has 0 aliphatic carbocycles. The summed E-state index contributed by atoms with van der Waals surface area (Å²) in [5, 5.41) is 79.1. The molecule has 86 heavy (non-hydrogen) atoms. The zero-order chi connectivity index (χ0) is 64.9. The summed E-state index contributed by atoms with van der Waals surface area (Å²) in [4.78, 5) is 96.1. The van der Waals surface area contributed by atoms with E-state index in [0.29, 0.717) is 72.6 Å². The second kappa shape index (κ2) is 28.9. The number of hydrogen-bond donors (Lipinski definition) is 8. The van der Waals surface area contributed by atoms with Crippen LogP contribution in [-0.4, -0.2) is 111 Å². The fourth-order valence-corrected chi connectivity index (χ4v) is 9.16. The third-order valence-electron chi connectivity index (χ3n) is 13.4. The Morgan fingerprint density at radius 2 is 0.407 bits per heavy atom. The molecule has 0 spiro atoms. The van der Waals surface area contributed by atoms with Gasteiger partial charge in [0.25, 0.3) is 0 Å². The van der Waals surface area contributed by atoms with Crippen LogP contribution in [0.25, 0.3) is 0 Å². The van der Waals surface area contributed by atoms with Crippen molar-refractivity contribution < 1.29 is 89.0 Å². The molecule has 0 amide bonds. The Hall–Kier alpha value is -8.04. The van der Waals surface area contributed by atoms with Crippen LogP contribution in [0.4, 0.5) is 0 Å². The molecule has 6 aromatic carbocycles. The van der Waals surface area contributed by atoms with Crippen LogP contribution in [-0.2, 0) is 48.9 Å². The molecule has 6 aromatic rings. The van der Waals surface area contributed by atoms with Gasteiger partial charge >= 0.3 is 0 Å². The number of quaternary nitrogens is 2. The number of hydrogen-bond acceptors (Lipinski definition) is 16. The molecule has 0 saturated heterocycles. The second-order valence-electron chi connectivity index (χ2n) is 24.7. The molecular weight excluding hydrogens is 1100 g/mol. The standard InChI is InChI=1S/2C33H39NO6.C2H2O4/c2*1-31(2,38)28(35)25-13-7-10-22(16-25)19-34(20-23-11-8-14-26(17-23)29(36)32(3,4)39)21-24-12-9-15-27(18-24)30(37)33(5,6)40;3-1(4)2(5)6/h2*7-18,38-40H,19-21H2,1-6H3;(H,3,4)(H,5,6). The van der Waals surface area contributed by atoms with Gasteiger partial charge in [0.05, 0.1) is 11.9 Å². The number of Topliss-reactive ketones (excluding diaryl/α,β-unsaturated/α-hetero) is 6. The summed E-state index contributed by atoms with van der Waals surface area (Å²) in [7, 11) is 0. The van der Waals surface area contributed by atoms with Crippen LogP contribution in [0.3, 0.4) is 0 Å². The quantitative estimate of drug-likeness (QED) is 0.0319. The predicted octanol–water partition coefficient (Wildman–Crippen LogP) is 3.15. The minimum absolute atomic E-state index is 0.369. The number of nitrogens with one attached hydrogen (secondary N) is 2. The van der Waals surface area contributed by atoms with Crippen molar-refractivity contribution in [2.75, 3.05) is 0 Å². The van der Waals surface area contributed by atoms with E-state index in [1.54, 1.807) is 109 Å². The summed E-state index contributed by atoms with van der Waals surface area (Å²) < 4.78 is 0. The molecule has 0 unspecified atom stereocenters. The van der Waals surface area contributed by atoms with Crippen molar-refractivity contribution in [2.45, 2.75) is 156 Å². The van der Waals surface area contributed by atoms with Crippen molar-refractivity contribution in [3.05, 3.63) is 212 Å². The lowest BCUT2D eigenvalue weighted by Crippen LogP contribution is -3.08. The molecule has 18 nitrogen and oxygen atoms in total. The number of aliphatic hydroxyl groups is 6. The van der Waals surface area contributed by atoms with Crippen LogP contribution in [0.5, 0.6) is 0 Å². The highest BCUT2D eigenvalue weighted by molar-refractivity contribution is 6.25. The summed E-state index contributed by atoms with van der Waals surface area (Å²) >= 11 is 0. The first-order valence-corrected chi connectivity index (χ1v) is 27.8. The molecule has 458 valence electrons. The molecule has 18 heteroatoms. The Morgan fingerprint density at radius 1 is 0.279 bits per heavy atom. The van der Waals surface area contributed by atoms with Crippen LogP contribution in [0, 0.1) is 0 Å². The number of carbonyl (C=O) groups is 8. The topological polar surface area (TPSA) is 313 Å². The maximum Gasteiger partial charge on any atom is 0.193 e. The molecule has 6 rings (SSSR count). The normalized spacial score (nSPS) is 12.1. The van der Waals surface area contributed by atoms with Crippen molar-refractivity contribution >= 4 is 46.6 Å². The Labute approximate surface area is 502 Å². The highest BCUT2D eigenvalue weighted by Crippen LogP contribution is 2.21. The van der Waals surface area contributed by atoms with Gasteiger partial charge in [0.15, 0.2) is 34.7 Å². The average molecular weight is 1180 g/mol. The van der Waals surface area contributed by atoms with Crippen LogP contribution in [0.15, 0.2) is 146 Å². The van der Waals surface area contributed by atoms with Crippen LogP contribution in [0.1, 0.15) is 179 Å². The van der Waals surface area contributed by atoms with E-state index in [9.17, 15) is 59.4 Å². The third-order valence-corrected chi connectivity index (χ3v) is 13.4. The average Bonchev–Trinajstić information content (AvgIpc) is 2.01. The molecular formula is C68H80N2O16. The van der Waals surface area contributed by atoms with E-state index in [4.69, 9.17) is 19.8 Å². The van der Waals surface area contributed by atoms with E-state index in [1.165, 1.54) is 83.1 Å². The Bertz CT molecular complexity index is 2860. The summed E-state index contributed by atoms with van der Waals surface area (Å²) in [5.41, 5.74) is -1.14. The highest BCUT2D eigenvalue weighted by atomic mass is 16.4. The van der Waals surface area contributed by atoms with Gasteiger partial charge in [0.1, 0.15) is 72.9 Å². The Balaban J connectivity index is 0.000000336. The van der Waals surface area contributed by atoms with Gasteiger partial charge in [-0.3, -0.25) is 28.8 Å². The summed E-state index contributed by atoms with van der Waals surface area (Å²) in [6.07, 6.45) is 0. The number of carboxylic acids is 2. The van der Waals surface area contributed by atoms with Crippen molar-refractivity contribution in [1.82, 2.24) is 0 Å². The fraction of sp³-hybridized carbons (Fsp3) is 0.353. The highest BCUT2D eigenvalue weighted by Gasteiger charge is 2.31. The molecule has 8 N–H and O–H groups in total. The van der Waals surface area contributed by atoms with Crippen LogP contribution >= 0.6 is 0 Å². The van der Waals surface area contributed by atoms with Crippen molar-refractivity contribution in [1.29, 1.82) is 0 Å². The smallest absolute Gasteiger partial charge is 0.193 e. The van der Waals surface area contributed by atoms with E-state index in [1.807, 2.05) is 36.4 Å². The summed E-state index contributed by atoms with van der Waals surface area (Å²) in [5.74, 6) is -6.58. The van der Waals surface area contributed by atoms with Gasteiger partial charge < -0.3 is 60.2 Å². The van der Waals surface area contributed by atoms with Crippen molar-refractivity contribution in [2.24, 2.45) is 0 Å². The van der Waals surface area contributed by atoms with E-state index in [-0.39, 0.29) is 34.7 Å². The lowest BCUT2D eigenvalue weighted by Gasteiger charge is -2.22. The molecule has 0 aliphatic rings. The van der Waals surface area contributed by atoms with Gasteiger partial charge in [-0.1, -0.05) is 109 Å². The van der Waals surface area contributed by atoms with E-state index in [0.717, 1.165) is 43.2 Å². The largest absolute Gasteiger partial charge is 0.543 e. The first-order valence-electron chi connectivity index (χ1n) is 27.8. The number of carbonyl (C=O) groups excluding carboxylic acids is 8. The lowest BCUT2D eigenvalue weighted by atomic mass is 9.94. The van der Waals surface area contributed by atoms with Crippen molar-refractivity contribution in [3.8, 4) is 0 Å². The van der Waals surface area contributed by atoms with Gasteiger partial charge in [-0.25, -0.2) is 0 Å². The minimum atomic E-state index is -2.19. The van der Waals surface area contributed by atoms with E-state index < -0.39 is 45.5 Å². The zero-order valence-corrected chi connectivity index (χ0v) is 50.9. The minimum Gasteiger partial charge on any atom is -0.543 e. The van der Waals surface area contributed by atoms with Gasteiger partial charge in [-0.2, -0.15) is 0 Å². The molecule has 0 fully saturated rings. The monoisotopic (exact) mass is 1180 g/mol. The van der Waals surface area contributed by atoms with Gasteiger partial charge in [-0.05, 0) is 119 Å². The molecule has 0 radical (unpaired) electrons. The molecule has 0 atom stereocenters. The number of carboxylic acid groups (broad SMARTS) is 2. The van der Waals surface area contributed by atoms with Crippen molar-refractivity contribution in [3.63, 3.8) is 0 Å². The van der Waals surface area contributed by atoms with Crippen LogP contribution in [0.2, 0.25) is 0 Å². The maximum absolute atomic E-state index is 12.7. The maximum atomic E-state index is 12.7. The lowest BCUT2D eigenvalue weighted by molar-refractivity contribution is -0.941. The zero-order valence-electron chi connectivity index (χ0n) is 50.9. The summed E-state index contributed by atoms with van der Waals surface area (Å²) in [6, 6.07) is 43.0. The SMILES string of the molecule is CC(C)(O)C(=O)c1cccc(C[NH+](Cc2cccc(C(=O)C(C)(C)O)c2)Cc2cccc(C(=O)C(C)(C)O)c2)c1.CC(C)(O)C(=O)c1cccc(C[NH+](Cc2cccc(C(=O)C(C)(C)O)c2)Cc2cccc(C(=O)C(C)(C)O)c2)c1.O=C([O-])C(=O)[O-]. The van der Waals surface area contributed by atoms with E-state index in [2.05, 4.69) is 0 Å². The number of benzene rings is 6. The number of ketones is 6. The molecule has 0 bridgehead atoms. The van der Waals surface area contributed by atoms with Gasteiger partial charge in [0.2, 0.25) is 0 Å². The van der Waals surface area contributed by atoms with Crippen LogP contribution < -0.4 is 20.0 Å². The van der Waals surface area contributed by atoms with Gasteiger partial charge in [0, 0.05) is 66.8 Å². The molecule has 0 heterocycles. The second-order valence-corrected chi connectivity index (χ2v) is 24.7. The van der Waals surface area contributed by atoms with Gasteiger partial charge in [-0.15, -0.1) is 0 Å². The van der Waals surface area contributed by atoms with E-state index >= 15 is 0 Å². The third kappa shape index (κ3) is 21.8. The Morgan fingerprint density at radius 3 is 0.512 bits per heavy atom. The Kier molecular flexibility index (Phi) is 23.7. The first kappa shape index (κ1) is 70.4. The molecule has 0 aromatic heterocycles. The fourth-order valence-electron chi connectivity index (χ4n) is 9.16. The molecule has 0 saturated carbocycles. The molecule has 0 aliphatic heterocycles. The first-order chi connectivity index (χ1) is 39.5. The number of rotatable bonds is 24. The number of aliphatic carboxylic acids is 2. The predicted molar refractivity (Wildman–Crippen MR) is 317 cm³/mol.